The molecule has 1 N–H and O–H groups in total. The molecule has 2 aliphatic heterocycles. The number of morpholine rings is 1. The van der Waals surface area contributed by atoms with Gasteiger partial charge in [0.05, 0.1) is 37.2 Å². The van der Waals surface area contributed by atoms with E-state index in [0.717, 1.165) is 12.8 Å². The predicted molar refractivity (Wildman–Crippen MR) is 79.0 cm³/mol. The lowest BCUT2D eigenvalue weighted by Crippen LogP contribution is -2.49. The molecule has 2 unspecified atom stereocenters. The Bertz CT molecular complexity index is 728. The molecule has 2 aromatic rings. The van der Waals surface area contributed by atoms with Crippen molar-refractivity contribution in [2.24, 2.45) is 0 Å². The van der Waals surface area contributed by atoms with Crippen LogP contribution in [-0.2, 0) is 4.74 Å². The zero-order valence-electron chi connectivity index (χ0n) is 12.4. The van der Waals surface area contributed by atoms with E-state index in [1.165, 1.54) is 35.1 Å². The van der Waals surface area contributed by atoms with Crippen LogP contribution in [-0.4, -0.2) is 51.0 Å². The van der Waals surface area contributed by atoms with Gasteiger partial charge in [-0.2, -0.15) is 5.10 Å². The first kappa shape index (κ1) is 14.2. The zero-order chi connectivity index (χ0) is 16.0. The third-order valence-electron chi connectivity index (χ3n) is 4.46. The highest BCUT2D eigenvalue weighted by atomic mass is 19.1. The fourth-order valence-corrected chi connectivity index (χ4v) is 3.33. The third-order valence-corrected chi connectivity index (χ3v) is 4.46. The highest BCUT2D eigenvalue weighted by Gasteiger charge is 2.42. The fraction of sp³-hybridized carbons (Fsp3) is 0.375. The molecule has 2 saturated heterocycles. The lowest BCUT2D eigenvalue weighted by molar-refractivity contribution is -0.00761. The second-order valence-electron chi connectivity index (χ2n) is 5.92. The summed E-state index contributed by atoms with van der Waals surface area (Å²) in [5.41, 5.74) is 0.596. The van der Waals surface area contributed by atoms with Crippen LogP contribution in [0.15, 0.2) is 30.5 Å². The maximum absolute atomic E-state index is 13.0. The summed E-state index contributed by atoms with van der Waals surface area (Å²) in [7, 11) is 0. The molecule has 0 aliphatic carbocycles. The Balaban J connectivity index is 1.64. The summed E-state index contributed by atoms with van der Waals surface area (Å²) in [5, 5.41) is 14.3. The smallest absolute Gasteiger partial charge is 0.278 e. The maximum atomic E-state index is 13.0. The lowest BCUT2D eigenvalue weighted by Gasteiger charge is -2.34. The highest BCUT2D eigenvalue weighted by Crippen LogP contribution is 2.31. The Hall–Kier alpha value is -2.41. The van der Waals surface area contributed by atoms with Gasteiger partial charge in [-0.1, -0.05) is 0 Å². The summed E-state index contributed by atoms with van der Waals surface area (Å²) >= 11 is 0. The number of amides is 1. The molecule has 0 spiro atoms. The second-order valence-corrected chi connectivity index (χ2v) is 5.92. The standard InChI is InChI=1S/C16H16FN3O3/c17-10-1-3-11(4-2-10)19-7-14(21)15(18-19)16(22)20-12-5-6-13(20)9-23-8-12/h1-4,7,12-13,21H,5-6,8-9H2. The number of nitrogens with zero attached hydrogens (tertiary/aromatic N) is 3. The van der Waals surface area contributed by atoms with E-state index in [1.54, 1.807) is 4.90 Å². The molecule has 1 amide bonds. The Morgan fingerprint density at radius 2 is 1.87 bits per heavy atom. The van der Waals surface area contributed by atoms with Crippen LogP contribution in [0.2, 0.25) is 0 Å². The van der Waals surface area contributed by atoms with Gasteiger partial charge in [0.2, 0.25) is 0 Å². The van der Waals surface area contributed by atoms with Crippen molar-refractivity contribution in [2.75, 3.05) is 13.2 Å². The van der Waals surface area contributed by atoms with Gasteiger partial charge in [0.15, 0.2) is 11.4 Å². The third kappa shape index (κ3) is 2.37. The van der Waals surface area contributed by atoms with Crippen molar-refractivity contribution < 1.29 is 19.0 Å². The van der Waals surface area contributed by atoms with Gasteiger partial charge >= 0.3 is 0 Å². The summed E-state index contributed by atoms with van der Waals surface area (Å²) < 4.78 is 19.8. The minimum Gasteiger partial charge on any atom is -0.504 e. The van der Waals surface area contributed by atoms with E-state index in [4.69, 9.17) is 4.74 Å². The first-order chi connectivity index (χ1) is 11.1. The summed E-state index contributed by atoms with van der Waals surface area (Å²) in [4.78, 5) is 14.5. The van der Waals surface area contributed by atoms with Crippen LogP contribution in [0.25, 0.3) is 5.69 Å². The molecule has 2 bridgehead atoms. The highest BCUT2D eigenvalue weighted by molar-refractivity contribution is 5.95. The van der Waals surface area contributed by atoms with Gasteiger partial charge in [-0.3, -0.25) is 4.79 Å². The summed E-state index contributed by atoms with van der Waals surface area (Å²) in [6.07, 6.45) is 3.19. The van der Waals surface area contributed by atoms with Crippen molar-refractivity contribution in [1.29, 1.82) is 0 Å². The van der Waals surface area contributed by atoms with E-state index < -0.39 is 0 Å². The second kappa shape index (κ2) is 5.34. The monoisotopic (exact) mass is 317 g/mol. The summed E-state index contributed by atoms with van der Waals surface area (Å²) in [5.74, 6) is -0.810. The van der Waals surface area contributed by atoms with Crippen LogP contribution in [0.1, 0.15) is 23.3 Å². The lowest BCUT2D eigenvalue weighted by atomic mass is 10.2. The number of carbonyl (C=O) groups is 1. The molecule has 7 heteroatoms. The summed E-state index contributed by atoms with van der Waals surface area (Å²) in [6.45, 7) is 1.06. The van der Waals surface area contributed by atoms with Gasteiger partial charge in [-0.05, 0) is 37.1 Å². The van der Waals surface area contributed by atoms with E-state index in [0.29, 0.717) is 18.9 Å². The van der Waals surface area contributed by atoms with E-state index in [-0.39, 0.29) is 35.3 Å². The van der Waals surface area contributed by atoms with E-state index >= 15 is 0 Å². The Labute approximate surface area is 132 Å². The first-order valence-electron chi connectivity index (χ1n) is 7.58. The molecule has 1 aromatic carbocycles. The molecule has 1 aromatic heterocycles. The number of hydrogen-bond acceptors (Lipinski definition) is 4. The molecule has 120 valence electrons. The minimum absolute atomic E-state index is 0.0214. The number of ether oxygens (including phenoxy) is 1. The Morgan fingerprint density at radius 3 is 2.52 bits per heavy atom. The number of benzene rings is 1. The van der Waals surface area contributed by atoms with Crippen LogP contribution in [0, 0.1) is 5.82 Å². The average molecular weight is 317 g/mol. The minimum atomic E-state index is -0.355. The molecule has 0 saturated carbocycles. The zero-order valence-corrected chi connectivity index (χ0v) is 12.4. The number of fused-ring (bicyclic) bond motifs is 2. The molecule has 4 rings (SSSR count). The number of halogens is 1. The van der Waals surface area contributed by atoms with Crippen LogP contribution in [0.3, 0.4) is 0 Å². The molecule has 6 nitrogen and oxygen atoms in total. The van der Waals surface area contributed by atoms with Crippen molar-refractivity contribution in [1.82, 2.24) is 14.7 Å². The maximum Gasteiger partial charge on any atom is 0.278 e. The van der Waals surface area contributed by atoms with Crippen LogP contribution in [0.4, 0.5) is 4.39 Å². The van der Waals surface area contributed by atoms with E-state index in [1.807, 2.05) is 0 Å². The number of aromatic nitrogens is 2. The van der Waals surface area contributed by atoms with Gasteiger partial charge in [-0.25, -0.2) is 9.07 Å². The van der Waals surface area contributed by atoms with Crippen molar-refractivity contribution in [2.45, 2.75) is 24.9 Å². The Kier molecular flexibility index (Phi) is 3.30. The molecular formula is C16H16FN3O3. The predicted octanol–water partition coefficient (Wildman–Crippen LogP) is 1.72. The van der Waals surface area contributed by atoms with E-state index in [2.05, 4.69) is 5.10 Å². The Morgan fingerprint density at radius 1 is 1.22 bits per heavy atom. The topological polar surface area (TPSA) is 67.6 Å². The molecule has 2 aliphatic rings. The molecular weight excluding hydrogens is 301 g/mol. The number of hydrogen-bond donors (Lipinski definition) is 1. The van der Waals surface area contributed by atoms with Crippen molar-refractivity contribution in [3.63, 3.8) is 0 Å². The molecule has 23 heavy (non-hydrogen) atoms. The first-order valence-corrected chi connectivity index (χ1v) is 7.58. The number of rotatable bonds is 2. The largest absolute Gasteiger partial charge is 0.504 e. The number of aromatic hydroxyl groups is 1. The van der Waals surface area contributed by atoms with Crippen LogP contribution in [0.5, 0.6) is 5.75 Å². The fourth-order valence-electron chi connectivity index (χ4n) is 3.33. The quantitative estimate of drug-likeness (QED) is 0.916. The normalized spacial score (nSPS) is 23.3. The van der Waals surface area contributed by atoms with Gasteiger partial charge in [0.1, 0.15) is 5.82 Å². The molecule has 2 atom stereocenters. The van der Waals surface area contributed by atoms with Gasteiger partial charge in [0, 0.05) is 0 Å². The van der Waals surface area contributed by atoms with Crippen molar-refractivity contribution in [3.05, 3.63) is 42.0 Å². The molecule has 0 radical (unpaired) electrons. The summed E-state index contributed by atoms with van der Waals surface area (Å²) in [6, 6.07) is 5.78. The SMILES string of the molecule is O=C(c1nn(-c2ccc(F)cc2)cc1O)N1C2CCC1COC2. The molecule has 2 fully saturated rings. The van der Waals surface area contributed by atoms with Crippen LogP contribution >= 0.6 is 0 Å². The van der Waals surface area contributed by atoms with Crippen molar-refractivity contribution in [3.8, 4) is 11.4 Å². The van der Waals surface area contributed by atoms with Gasteiger partial charge < -0.3 is 14.7 Å². The van der Waals surface area contributed by atoms with E-state index in [9.17, 15) is 14.3 Å². The van der Waals surface area contributed by atoms with Crippen LogP contribution < -0.4 is 0 Å². The van der Waals surface area contributed by atoms with Crippen molar-refractivity contribution >= 4 is 5.91 Å². The number of carbonyl (C=O) groups excluding carboxylic acids is 1. The average Bonchev–Trinajstić information content (AvgIpc) is 3.05. The molecule has 3 heterocycles. The van der Waals surface area contributed by atoms with Gasteiger partial charge in [-0.15, -0.1) is 0 Å². The van der Waals surface area contributed by atoms with Gasteiger partial charge in [0.25, 0.3) is 5.91 Å².